The molecule has 2 N–H and O–H groups in total. The van der Waals surface area contributed by atoms with Gasteiger partial charge >= 0.3 is 17.9 Å². The van der Waals surface area contributed by atoms with Crippen LogP contribution in [0.25, 0.3) is 0 Å². The third-order valence-corrected chi connectivity index (χ3v) is 6.09. The van der Waals surface area contributed by atoms with Crippen molar-refractivity contribution in [2.45, 2.75) is 155 Å². The third-order valence-electron chi connectivity index (χ3n) is 6.09. The summed E-state index contributed by atoms with van der Waals surface area (Å²) in [5.74, 6) is -2.79. The average molecular weight is 487 g/mol. The molecule has 0 aromatic rings. The fourth-order valence-electron chi connectivity index (χ4n) is 3.99. The summed E-state index contributed by atoms with van der Waals surface area (Å²) in [7, 11) is 0. The summed E-state index contributed by atoms with van der Waals surface area (Å²) in [6.45, 7) is 6.23. The van der Waals surface area contributed by atoms with Gasteiger partial charge in [-0.05, 0) is 27.2 Å². The predicted molar refractivity (Wildman–Crippen MR) is 134 cm³/mol. The molecular weight excluding hydrogens is 436 g/mol. The zero-order chi connectivity index (χ0) is 25.8. The maximum absolute atomic E-state index is 12.1. The number of hydrogen-bond donors (Lipinski definition) is 2. The lowest BCUT2D eigenvalue weighted by atomic mass is 9.99. The minimum absolute atomic E-state index is 0.222. The molecule has 0 amide bonds. The van der Waals surface area contributed by atoms with Gasteiger partial charge in [0.25, 0.3) is 0 Å². The first-order valence-electron chi connectivity index (χ1n) is 13.5. The Hall–Kier alpha value is -1.63. The number of carbonyl (C=O) groups excluding carboxylic acids is 2. The zero-order valence-electron chi connectivity index (χ0n) is 22.1. The Kier molecular flexibility index (Phi) is 18.7. The maximum Gasteiger partial charge on any atom is 0.348 e. The molecule has 0 bridgehead atoms. The van der Waals surface area contributed by atoms with Crippen LogP contribution in [0, 0.1) is 0 Å². The van der Waals surface area contributed by atoms with Crippen LogP contribution in [0.3, 0.4) is 0 Å². The van der Waals surface area contributed by atoms with Gasteiger partial charge in [0.15, 0.2) is 6.10 Å². The highest BCUT2D eigenvalue weighted by Gasteiger charge is 2.40. The molecule has 0 spiro atoms. The number of carboxylic acid groups (broad SMARTS) is 1. The number of hydrogen-bond acceptors (Lipinski definition) is 6. The first-order valence-corrected chi connectivity index (χ1v) is 13.5. The fraction of sp³-hybridized carbons (Fsp3) is 0.889. The van der Waals surface area contributed by atoms with Crippen molar-refractivity contribution in [1.82, 2.24) is 0 Å². The summed E-state index contributed by atoms with van der Waals surface area (Å²) >= 11 is 0. The molecule has 0 fully saturated rings. The summed E-state index contributed by atoms with van der Waals surface area (Å²) in [5.41, 5.74) is -1.87. The normalized spacial score (nSPS) is 14.7. The van der Waals surface area contributed by atoms with E-state index in [-0.39, 0.29) is 12.8 Å². The largest absolute Gasteiger partial charge is 0.478 e. The third kappa shape index (κ3) is 16.9. The molecule has 7 heteroatoms. The van der Waals surface area contributed by atoms with Crippen LogP contribution >= 0.6 is 0 Å². The molecule has 0 aliphatic rings. The Balaban J connectivity index is 3.78. The zero-order valence-corrected chi connectivity index (χ0v) is 22.1. The van der Waals surface area contributed by atoms with E-state index >= 15 is 0 Å². The molecule has 0 heterocycles. The predicted octanol–water partition coefficient (Wildman–Crippen LogP) is 6.34. The quantitative estimate of drug-likeness (QED) is 0.136. The van der Waals surface area contributed by atoms with Crippen LogP contribution in [-0.2, 0) is 23.9 Å². The molecule has 0 radical (unpaired) electrons. The van der Waals surface area contributed by atoms with Crippen LogP contribution < -0.4 is 0 Å². The Morgan fingerprint density at radius 2 is 1.18 bits per heavy atom. The number of unbranched alkanes of at least 4 members (excludes halogenated alkanes) is 14. The van der Waals surface area contributed by atoms with Crippen LogP contribution in [-0.4, -0.2) is 45.9 Å². The Labute approximate surface area is 207 Å². The molecule has 34 heavy (non-hydrogen) atoms. The van der Waals surface area contributed by atoms with E-state index in [2.05, 4.69) is 6.92 Å². The lowest BCUT2D eigenvalue weighted by molar-refractivity contribution is -0.188. The van der Waals surface area contributed by atoms with E-state index in [9.17, 15) is 24.6 Å². The van der Waals surface area contributed by atoms with Crippen molar-refractivity contribution in [2.75, 3.05) is 0 Å². The fourth-order valence-corrected chi connectivity index (χ4v) is 3.99. The van der Waals surface area contributed by atoms with E-state index < -0.39 is 35.7 Å². The van der Waals surface area contributed by atoms with Crippen molar-refractivity contribution in [3.63, 3.8) is 0 Å². The molecule has 0 saturated heterocycles. The van der Waals surface area contributed by atoms with Gasteiger partial charge in [-0.1, -0.05) is 96.8 Å². The molecule has 0 aromatic heterocycles. The van der Waals surface area contributed by atoms with E-state index in [1.165, 1.54) is 97.8 Å². The second kappa shape index (κ2) is 19.7. The van der Waals surface area contributed by atoms with Gasteiger partial charge in [0.2, 0.25) is 5.60 Å². The lowest BCUT2D eigenvalue weighted by Crippen LogP contribution is -2.45. The smallest absolute Gasteiger partial charge is 0.348 e. The van der Waals surface area contributed by atoms with Crippen LogP contribution in [0.2, 0.25) is 0 Å². The second-order valence-electron chi connectivity index (χ2n) is 9.84. The van der Waals surface area contributed by atoms with Gasteiger partial charge in [-0.2, -0.15) is 0 Å². The monoisotopic (exact) mass is 486 g/mol. The lowest BCUT2D eigenvalue weighted by Gasteiger charge is -2.27. The van der Waals surface area contributed by atoms with Crippen LogP contribution in [0.4, 0.5) is 0 Å². The SMILES string of the molecule is CCCCCCCCCCCCCCCCCC(=O)OC(C)C(=O)OC(C)(CC(C)O)C(=O)O. The average Bonchev–Trinajstić information content (AvgIpc) is 2.75. The number of aliphatic hydroxyl groups excluding tert-OH is 1. The van der Waals surface area contributed by atoms with Crippen molar-refractivity contribution >= 4 is 17.9 Å². The number of esters is 2. The highest BCUT2D eigenvalue weighted by molar-refractivity contribution is 5.84. The van der Waals surface area contributed by atoms with Crippen molar-refractivity contribution in [2.24, 2.45) is 0 Å². The summed E-state index contributed by atoms with van der Waals surface area (Å²) in [6.07, 6.45) is 16.4. The van der Waals surface area contributed by atoms with E-state index in [4.69, 9.17) is 9.47 Å². The summed E-state index contributed by atoms with van der Waals surface area (Å²) in [6, 6.07) is 0. The maximum atomic E-state index is 12.1. The van der Waals surface area contributed by atoms with Gasteiger partial charge in [-0.3, -0.25) is 4.79 Å². The molecule has 3 atom stereocenters. The van der Waals surface area contributed by atoms with Crippen molar-refractivity contribution in [1.29, 1.82) is 0 Å². The first-order chi connectivity index (χ1) is 16.1. The molecule has 0 aliphatic heterocycles. The van der Waals surface area contributed by atoms with Crippen molar-refractivity contribution < 1.29 is 34.1 Å². The van der Waals surface area contributed by atoms with Gasteiger partial charge in [-0.25, -0.2) is 9.59 Å². The summed E-state index contributed by atoms with van der Waals surface area (Å²) < 4.78 is 10.1. The van der Waals surface area contributed by atoms with Crippen molar-refractivity contribution in [3.05, 3.63) is 0 Å². The number of carbonyl (C=O) groups is 3. The standard InChI is InChI=1S/C27H50O7/c1-5-6-7-8-9-10-11-12-13-14-15-16-17-18-19-20-24(29)33-23(3)25(30)34-27(4,26(31)32)21-22(2)28/h22-23,28H,5-21H2,1-4H3,(H,31,32). The van der Waals surface area contributed by atoms with Crippen molar-refractivity contribution in [3.8, 4) is 0 Å². The van der Waals surface area contributed by atoms with Gasteiger partial charge in [0.05, 0.1) is 6.10 Å². The van der Waals surface area contributed by atoms with Crippen LogP contribution in [0.1, 0.15) is 137 Å². The minimum Gasteiger partial charge on any atom is -0.478 e. The Morgan fingerprint density at radius 1 is 0.765 bits per heavy atom. The van der Waals surface area contributed by atoms with Gasteiger partial charge < -0.3 is 19.7 Å². The van der Waals surface area contributed by atoms with E-state index in [1.54, 1.807) is 0 Å². The Morgan fingerprint density at radius 3 is 1.56 bits per heavy atom. The molecule has 200 valence electrons. The second-order valence-corrected chi connectivity index (χ2v) is 9.84. The summed E-state index contributed by atoms with van der Waals surface area (Å²) in [5, 5.41) is 18.8. The highest BCUT2D eigenvalue weighted by atomic mass is 16.6. The van der Waals surface area contributed by atoms with E-state index in [0.717, 1.165) is 12.8 Å². The molecule has 0 aliphatic carbocycles. The van der Waals surface area contributed by atoms with Gasteiger partial charge in [0.1, 0.15) is 0 Å². The number of rotatable bonds is 22. The molecule has 0 aromatic carbocycles. The van der Waals surface area contributed by atoms with E-state index in [0.29, 0.717) is 6.42 Å². The molecule has 0 rings (SSSR count). The van der Waals surface area contributed by atoms with Gasteiger partial charge in [0, 0.05) is 12.8 Å². The van der Waals surface area contributed by atoms with Crippen LogP contribution in [0.15, 0.2) is 0 Å². The molecule has 0 saturated carbocycles. The molecule has 3 unspecified atom stereocenters. The number of ether oxygens (including phenoxy) is 2. The molecular formula is C27H50O7. The minimum atomic E-state index is -1.87. The Bertz CT molecular complexity index is 561. The first kappa shape index (κ1) is 32.4. The topological polar surface area (TPSA) is 110 Å². The summed E-state index contributed by atoms with van der Waals surface area (Å²) in [4.78, 5) is 35.5. The number of aliphatic carboxylic acids is 1. The molecule has 7 nitrogen and oxygen atoms in total. The number of aliphatic hydroxyl groups is 1. The number of carboxylic acids is 1. The highest BCUT2D eigenvalue weighted by Crippen LogP contribution is 2.20. The van der Waals surface area contributed by atoms with E-state index in [1.807, 2.05) is 0 Å². The van der Waals surface area contributed by atoms with Gasteiger partial charge in [-0.15, -0.1) is 0 Å². The van der Waals surface area contributed by atoms with Crippen LogP contribution in [0.5, 0.6) is 0 Å².